The number of H-pyrrole nitrogens is 1. The van der Waals surface area contributed by atoms with E-state index in [1.807, 2.05) is 18.4 Å². The fourth-order valence-corrected chi connectivity index (χ4v) is 2.76. The predicted molar refractivity (Wildman–Crippen MR) is 76.3 cm³/mol. The third-order valence-corrected chi connectivity index (χ3v) is 3.94. The average molecular weight is 288 g/mol. The summed E-state index contributed by atoms with van der Waals surface area (Å²) in [7, 11) is 1.64. The molecule has 1 fully saturated rings. The maximum absolute atomic E-state index is 12.7. The van der Waals surface area contributed by atoms with Gasteiger partial charge in [0.1, 0.15) is 11.4 Å². The molecule has 0 bridgehead atoms. The number of likely N-dealkylation sites (N-methyl/N-ethyl adjacent to an activating group) is 1. The number of aliphatic imine (C=N–C) groups is 1. The fourth-order valence-electron chi connectivity index (χ4n) is 2.76. The second-order valence-electron chi connectivity index (χ2n) is 5.62. The Kier molecular flexibility index (Phi) is 2.76. The first-order valence-corrected chi connectivity index (χ1v) is 6.75. The largest absolute Gasteiger partial charge is 0.399 e. The quantitative estimate of drug-likeness (QED) is 0.650. The van der Waals surface area contributed by atoms with Gasteiger partial charge in [0.2, 0.25) is 11.9 Å². The van der Waals surface area contributed by atoms with E-state index >= 15 is 0 Å². The Morgan fingerprint density at radius 3 is 2.71 bits per heavy atom. The van der Waals surface area contributed by atoms with Crippen molar-refractivity contribution in [1.29, 1.82) is 0 Å². The Bertz CT molecular complexity index is 715. The van der Waals surface area contributed by atoms with Gasteiger partial charge in [-0.15, -0.1) is 0 Å². The van der Waals surface area contributed by atoms with E-state index in [0.29, 0.717) is 11.8 Å². The number of nitrogens with one attached hydrogen (secondary N) is 1. The number of aromatic amines is 1. The van der Waals surface area contributed by atoms with E-state index in [1.165, 1.54) is 9.80 Å². The Morgan fingerprint density at radius 2 is 2.10 bits per heavy atom. The molecule has 1 unspecified atom stereocenters. The molecule has 0 aromatic carbocycles. The van der Waals surface area contributed by atoms with E-state index in [2.05, 4.69) is 16.6 Å². The number of nitrogens with zero attached hydrogens (tertiary/aromatic N) is 4. The van der Waals surface area contributed by atoms with Crippen molar-refractivity contribution >= 4 is 23.7 Å². The monoisotopic (exact) mass is 288 g/mol. The van der Waals surface area contributed by atoms with Crippen LogP contribution in [0.2, 0.25) is 0 Å². The van der Waals surface area contributed by atoms with Crippen molar-refractivity contribution < 1.29 is 14.2 Å². The van der Waals surface area contributed by atoms with Crippen LogP contribution in [0.25, 0.3) is 0 Å². The lowest BCUT2D eigenvalue weighted by molar-refractivity contribution is -0.682. The molecular formula is C14H18N5O2+. The van der Waals surface area contributed by atoms with Crippen LogP contribution in [-0.2, 0) is 4.79 Å². The summed E-state index contributed by atoms with van der Waals surface area (Å²) in [5.74, 6) is 0.818. The van der Waals surface area contributed by atoms with Gasteiger partial charge in [-0.3, -0.25) is 14.6 Å². The van der Waals surface area contributed by atoms with Gasteiger partial charge in [0.05, 0.1) is 6.54 Å². The number of aromatic nitrogens is 2. The predicted octanol–water partition coefficient (Wildman–Crippen LogP) is 0.974. The van der Waals surface area contributed by atoms with Crippen LogP contribution in [0.5, 0.6) is 0 Å². The molecule has 2 aliphatic heterocycles. The van der Waals surface area contributed by atoms with Gasteiger partial charge in [0.15, 0.2) is 0 Å². The van der Waals surface area contributed by atoms with Crippen LogP contribution >= 0.6 is 0 Å². The Balaban J connectivity index is 2.10. The highest BCUT2D eigenvalue weighted by atomic mass is 16.2. The molecule has 3 heterocycles. The van der Waals surface area contributed by atoms with E-state index in [0.717, 1.165) is 17.0 Å². The molecule has 3 rings (SSSR count). The van der Waals surface area contributed by atoms with Gasteiger partial charge in [-0.05, 0) is 20.8 Å². The zero-order valence-electron chi connectivity index (χ0n) is 12.6. The van der Waals surface area contributed by atoms with Crippen LogP contribution in [0.15, 0.2) is 17.1 Å². The zero-order chi connectivity index (χ0) is 15.5. The number of hydrogen-bond donors (Lipinski definition) is 1. The molecule has 7 heteroatoms. The lowest BCUT2D eigenvalue weighted by Gasteiger charge is -2.33. The second kappa shape index (κ2) is 4.28. The van der Waals surface area contributed by atoms with Crippen molar-refractivity contribution in [1.82, 2.24) is 14.8 Å². The normalized spacial score (nSPS) is 20.6. The first-order valence-electron chi connectivity index (χ1n) is 6.75. The average Bonchev–Trinajstić information content (AvgIpc) is 2.90. The van der Waals surface area contributed by atoms with Crippen molar-refractivity contribution in [2.75, 3.05) is 13.6 Å². The molecule has 0 aliphatic carbocycles. The highest BCUT2D eigenvalue weighted by Gasteiger charge is 2.53. The number of fused-ring (bicyclic) bond motifs is 3. The molecule has 0 spiro atoms. The number of aryl methyl sites for hydroxylation is 1. The van der Waals surface area contributed by atoms with Gasteiger partial charge < -0.3 is 0 Å². The van der Waals surface area contributed by atoms with Crippen LogP contribution in [0.3, 0.4) is 0 Å². The van der Waals surface area contributed by atoms with Gasteiger partial charge in [-0.25, -0.2) is 14.3 Å². The Hall–Kier alpha value is -2.44. The molecule has 3 amide bonds. The van der Waals surface area contributed by atoms with Crippen LogP contribution in [0.1, 0.15) is 24.4 Å². The molecule has 110 valence electrons. The maximum atomic E-state index is 12.7. The van der Waals surface area contributed by atoms with E-state index in [-0.39, 0.29) is 18.5 Å². The van der Waals surface area contributed by atoms with Gasteiger partial charge in [-0.1, -0.05) is 17.1 Å². The summed E-state index contributed by atoms with van der Waals surface area (Å²) in [6.45, 7) is 9.67. The smallest absolute Gasteiger partial charge is 0.270 e. The number of imidazole rings is 1. The van der Waals surface area contributed by atoms with Crippen LogP contribution in [-0.4, -0.2) is 46.2 Å². The minimum absolute atomic E-state index is 0.226. The summed E-state index contributed by atoms with van der Waals surface area (Å²) in [4.78, 5) is 35.3. The van der Waals surface area contributed by atoms with Crippen LogP contribution in [0, 0.1) is 13.8 Å². The molecule has 2 aliphatic rings. The number of carbonyl (C=O) groups is 2. The summed E-state index contributed by atoms with van der Waals surface area (Å²) in [5, 5.41) is 0. The topological polar surface area (TPSA) is 72.7 Å². The van der Waals surface area contributed by atoms with Crippen molar-refractivity contribution in [2.24, 2.45) is 4.99 Å². The number of carbonyl (C=O) groups excluding carboxylic acids is 2. The number of amides is 3. The first-order chi connectivity index (χ1) is 9.82. The molecule has 1 aromatic rings. The lowest BCUT2D eigenvalue weighted by Crippen LogP contribution is -2.63. The highest BCUT2D eigenvalue weighted by Crippen LogP contribution is 2.28. The third-order valence-electron chi connectivity index (χ3n) is 3.94. The molecule has 0 radical (unpaired) electrons. The van der Waals surface area contributed by atoms with Crippen molar-refractivity contribution in [3.8, 4) is 0 Å². The number of rotatable bonds is 2. The summed E-state index contributed by atoms with van der Waals surface area (Å²) in [6, 6.07) is -0.940. The molecule has 1 aromatic heterocycles. The summed E-state index contributed by atoms with van der Waals surface area (Å²) < 4.78 is 1.85. The summed E-state index contributed by atoms with van der Waals surface area (Å²) in [6.07, 6.45) is 0. The molecule has 1 N–H and O–H groups in total. The highest BCUT2D eigenvalue weighted by molar-refractivity contribution is 6.19. The van der Waals surface area contributed by atoms with E-state index in [1.54, 1.807) is 14.0 Å². The molecule has 1 atom stereocenters. The number of urea groups is 1. The van der Waals surface area contributed by atoms with Gasteiger partial charge in [-0.2, -0.15) is 0 Å². The van der Waals surface area contributed by atoms with Crippen molar-refractivity contribution in [3.63, 3.8) is 0 Å². The Labute approximate surface area is 122 Å². The molecule has 21 heavy (non-hydrogen) atoms. The molecule has 1 saturated heterocycles. The molecular weight excluding hydrogens is 270 g/mol. The first kappa shape index (κ1) is 13.5. The van der Waals surface area contributed by atoms with Gasteiger partial charge in [0, 0.05) is 7.05 Å². The van der Waals surface area contributed by atoms with Crippen LogP contribution < -0.4 is 4.57 Å². The molecule has 0 saturated carbocycles. The van der Waals surface area contributed by atoms with Crippen molar-refractivity contribution in [2.45, 2.75) is 26.8 Å². The second-order valence-corrected chi connectivity index (χ2v) is 5.62. The van der Waals surface area contributed by atoms with Crippen LogP contribution in [0.4, 0.5) is 10.7 Å². The van der Waals surface area contributed by atoms with Gasteiger partial charge in [0.25, 0.3) is 5.91 Å². The summed E-state index contributed by atoms with van der Waals surface area (Å²) >= 11 is 0. The van der Waals surface area contributed by atoms with E-state index in [4.69, 9.17) is 0 Å². The minimum atomic E-state index is -0.577. The maximum Gasteiger partial charge on any atom is 0.399 e. The van der Waals surface area contributed by atoms with E-state index < -0.39 is 6.04 Å². The number of imide groups is 1. The van der Waals surface area contributed by atoms with Crippen molar-refractivity contribution in [3.05, 3.63) is 23.5 Å². The SMILES string of the molecule is C=C(C)CN1C(=O)C2C(=Nc3[nH]c(C)c(C)[n+]32)N(C)C1=O. The van der Waals surface area contributed by atoms with E-state index in [9.17, 15) is 9.59 Å². The van der Waals surface area contributed by atoms with Gasteiger partial charge >= 0.3 is 12.0 Å². The lowest BCUT2D eigenvalue weighted by atomic mass is 10.1. The number of hydrogen-bond acceptors (Lipinski definition) is 3. The molecule has 7 nitrogen and oxygen atoms in total. The third kappa shape index (κ3) is 1.73. The summed E-state index contributed by atoms with van der Waals surface area (Å²) in [5.41, 5.74) is 2.67. The Morgan fingerprint density at radius 1 is 1.43 bits per heavy atom. The minimum Gasteiger partial charge on any atom is -0.270 e. The standard InChI is InChI=1S/C14H17N5O2/c1-7(2)6-18-12(20)10-11(17(5)14(18)21)16-13-15-8(3)9(4)19(10)13/h10H,1,6H2,2-5H3/p+1. The zero-order valence-corrected chi connectivity index (χ0v) is 12.6. The fraction of sp³-hybridized carbons (Fsp3) is 0.429. The number of amidine groups is 1.